The molecule has 0 heterocycles. The van der Waals surface area contributed by atoms with Gasteiger partial charge in [0, 0.05) is 0 Å². The Labute approximate surface area is 198 Å². The number of hydrogen-bond donors (Lipinski definition) is 2. The van der Waals surface area contributed by atoms with E-state index >= 15 is 0 Å². The first-order valence-corrected chi connectivity index (χ1v) is 10.8. The van der Waals surface area contributed by atoms with Gasteiger partial charge < -0.3 is 19.7 Å². The fourth-order valence-electron chi connectivity index (χ4n) is 4.14. The lowest BCUT2D eigenvalue weighted by Gasteiger charge is -2.37. The Balaban J connectivity index is 1.96. The molecule has 5 nitrogen and oxygen atoms in total. The summed E-state index contributed by atoms with van der Waals surface area (Å²) in [4.78, 5) is 14.4. The predicted octanol–water partition coefficient (Wildman–Crippen LogP) is 4.44. The number of hydrogen-bond acceptors (Lipinski definition) is 5. The fraction of sp³-hybridized carbons (Fsp3) is 0.138. The molecule has 2 N–H and O–H groups in total. The van der Waals surface area contributed by atoms with E-state index in [1.54, 1.807) is 123 Å². The molecule has 4 aromatic carbocycles. The molecule has 0 saturated carbocycles. The smallest absolute Gasteiger partial charge is 0.214 e. The van der Waals surface area contributed by atoms with Gasteiger partial charge in [0.2, 0.25) is 5.78 Å². The zero-order valence-electron chi connectivity index (χ0n) is 19.0. The summed E-state index contributed by atoms with van der Waals surface area (Å²) in [5, 5.41) is 24.3. The number of carbonyl (C=O) groups is 1. The molecule has 4 aromatic rings. The maximum absolute atomic E-state index is 14.4. The molecule has 2 unspecified atom stereocenters. The summed E-state index contributed by atoms with van der Waals surface area (Å²) >= 11 is 0. The summed E-state index contributed by atoms with van der Waals surface area (Å²) in [6, 6.07) is 30.4. The summed E-state index contributed by atoms with van der Waals surface area (Å²) in [7, 11) is 3.09. The summed E-state index contributed by atoms with van der Waals surface area (Å²) in [6.45, 7) is 0. The third-order valence-electron chi connectivity index (χ3n) is 6.06. The third kappa shape index (κ3) is 3.96. The summed E-state index contributed by atoms with van der Waals surface area (Å²) < 4.78 is 10.5. The van der Waals surface area contributed by atoms with Crippen LogP contribution in [0, 0.1) is 0 Å². The van der Waals surface area contributed by atoms with Crippen molar-refractivity contribution in [2.75, 3.05) is 14.2 Å². The minimum absolute atomic E-state index is 0.312. The average Bonchev–Trinajstić information content (AvgIpc) is 2.92. The van der Waals surface area contributed by atoms with Gasteiger partial charge in [-0.2, -0.15) is 0 Å². The topological polar surface area (TPSA) is 76.0 Å². The van der Waals surface area contributed by atoms with Gasteiger partial charge in [-0.05, 0) is 46.5 Å². The highest BCUT2D eigenvalue weighted by Crippen LogP contribution is 2.42. The lowest BCUT2D eigenvalue weighted by Crippen LogP contribution is -2.50. The van der Waals surface area contributed by atoms with Gasteiger partial charge in [0.1, 0.15) is 11.5 Å². The van der Waals surface area contributed by atoms with Crippen molar-refractivity contribution in [3.8, 4) is 11.5 Å². The molecule has 2 atom stereocenters. The summed E-state index contributed by atoms with van der Waals surface area (Å²) in [6.07, 6.45) is 0. The van der Waals surface area contributed by atoms with Gasteiger partial charge in [-0.25, -0.2) is 0 Å². The van der Waals surface area contributed by atoms with Crippen molar-refractivity contribution in [1.29, 1.82) is 0 Å². The first kappa shape index (κ1) is 23.2. The second kappa shape index (κ2) is 9.51. The lowest BCUT2D eigenvalue weighted by atomic mass is 9.71. The zero-order chi connectivity index (χ0) is 24.2. The highest BCUT2D eigenvalue weighted by Gasteiger charge is 2.52. The molecule has 5 heteroatoms. The minimum atomic E-state index is -2.15. The Hall–Kier alpha value is -3.93. The molecular weight excluding hydrogens is 428 g/mol. The number of ether oxygens (including phenoxy) is 2. The normalized spacial score (nSPS) is 14.5. The van der Waals surface area contributed by atoms with E-state index in [9.17, 15) is 15.0 Å². The molecule has 0 radical (unpaired) electrons. The molecule has 172 valence electrons. The minimum Gasteiger partial charge on any atom is -0.497 e. The average molecular weight is 455 g/mol. The Morgan fingerprint density at radius 3 is 1.12 bits per heavy atom. The van der Waals surface area contributed by atoms with E-state index in [0.717, 1.165) is 0 Å². The van der Waals surface area contributed by atoms with Gasteiger partial charge in [-0.1, -0.05) is 84.9 Å². The Morgan fingerprint density at radius 2 is 0.824 bits per heavy atom. The van der Waals surface area contributed by atoms with E-state index < -0.39 is 17.0 Å². The quantitative estimate of drug-likeness (QED) is 0.412. The van der Waals surface area contributed by atoms with Crippen LogP contribution in [-0.2, 0) is 16.0 Å². The first-order chi connectivity index (χ1) is 16.4. The van der Waals surface area contributed by atoms with Crippen LogP contribution in [-0.4, -0.2) is 30.2 Å². The maximum Gasteiger partial charge on any atom is 0.214 e. The molecule has 4 rings (SSSR count). The van der Waals surface area contributed by atoms with Crippen LogP contribution in [0.25, 0.3) is 0 Å². The van der Waals surface area contributed by atoms with Crippen molar-refractivity contribution >= 4 is 5.78 Å². The molecule has 0 aliphatic carbocycles. The predicted molar refractivity (Wildman–Crippen MR) is 130 cm³/mol. The molecule has 0 aliphatic heterocycles. The van der Waals surface area contributed by atoms with Crippen LogP contribution in [0.5, 0.6) is 11.5 Å². The van der Waals surface area contributed by atoms with Gasteiger partial charge >= 0.3 is 0 Å². The number of benzene rings is 4. The second-order valence-corrected chi connectivity index (χ2v) is 7.94. The standard InChI is InChI=1S/C29H26O5/c1-33-25-17-13-23(14-18-25)28(31,21-9-5-3-6-10-21)27(30)29(32,22-11-7-4-8-12-22)24-15-19-26(34-2)20-16-24/h3-20,31-32H,1-2H3. The Morgan fingerprint density at radius 1 is 0.529 bits per heavy atom. The number of aliphatic hydroxyl groups is 2. The van der Waals surface area contributed by atoms with E-state index in [0.29, 0.717) is 33.8 Å². The summed E-state index contributed by atoms with van der Waals surface area (Å²) in [5.74, 6) is 0.368. The van der Waals surface area contributed by atoms with Crippen LogP contribution in [0.1, 0.15) is 22.3 Å². The van der Waals surface area contributed by atoms with Crippen molar-refractivity contribution in [3.63, 3.8) is 0 Å². The van der Waals surface area contributed by atoms with E-state index in [2.05, 4.69) is 0 Å². The molecule has 34 heavy (non-hydrogen) atoms. The fourth-order valence-corrected chi connectivity index (χ4v) is 4.14. The SMILES string of the molecule is COc1ccc(C(O)(C(=O)C(O)(c2ccccc2)c2ccc(OC)cc2)c2ccccc2)cc1. The molecule has 0 bridgehead atoms. The van der Waals surface area contributed by atoms with Crippen LogP contribution < -0.4 is 9.47 Å². The first-order valence-electron chi connectivity index (χ1n) is 10.8. The van der Waals surface area contributed by atoms with Gasteiger partial charge in [0.25, 0.3) is 0 Å². The second-order valence-electron chi connectivity index (χ2n) is 7.94. The monoisotopic (exact) mass is 454 g/mol. The van der Waals surface area contributed by atoms with E-state index in [1.165, 1.54) is 0 Å². The molecule has 0 fully saturated rings. The van der Waals surface area contributed by atoms with Crippen LogP contribution in [0.4, 0.5) is 0 Å². The van der Waals surface area contributed by atoms with E-state index in [4.69, 9.17) is 9.47 Å². The Kier molecular flexibility index (Phi) is 6.50. The summed E-state index contributed by atoms with van der Waals surface area (Å²) in [5.41, 5.74) is -3.00. The van der Waals surface area contributed by atoms with Crippen LogP contribution in [0.3, 0.4) is 0 Å². The van der Waals surface area contributed by atoms with Crippen molar-refractivity contribution in [1.82, 2.24) is 0 Å². The highest BCUT2D eigenvalue weighted by molar-refractivity contribution is 6.01. The van der Waals surface area contributed by atoms with Crippen molar-refractivity contribution in [2.45, 2.75) is 11.2 Å². The molecular formula is C29H26O5. The molecule has 0 saturated heterocycles. The van der Waals surface area contributed by atoms with Crippen LogP contribution >= 0.6 is 0 Å². The van der Waals surface area contributed by atoms with Crippen molar-refractivity contribution in [3.05, 3.63) is 131 Å². The van der Waals surface area contributed by atoms with Crippen molar-refractivity contribution < 1.29 is 24.5 Å². The van der Waals surface area contributed by atoms with Gasteiger partial charge in [0.15, 0.2) is 11.2 Å². The number of carbonyl (C=O) groups excluding carboxylic acids is 1. The van der Waals surface area contributed by atoms with Gasteiger partial charge in [-0.3, -0.25) is 4.79 Å². The molecule has 0 aromatic heterocycles. The zero-order valence-corrected chi connectivity index (χ0v) is 19.0. The Bertz CT molecular complexity index is 1140. The molecule has 0 amide bonds. The van der Waals surface area contributed by atoms with Gasteiger partial charge in [-0.15, -0.1) is 0 Å². The van der Waals surface area contributed by atoms with Gasteiger partial charge in [0.05, 0.1) is 14.2 Å². The molecule has 0 spiro atoms. The largest absolute Gasteiger partial charge is 0.497 e. The number of rotatable bonds is 8. The number of ketones is 1. The van der Waals surface area contributed by atoms with Crippen molar-refractivity contribution in [2.24, 2.45) is 0 Å². The molecule has 0 aliphatic rings. The number of Topliss-reactive ketones (excluding diaryl/α,β-unsaturated/α-hetero) is 1. The van der Waals surface area contributed by atoms with Crippen LogP contribution in [0.15, 0.2) is 109 Å². The van der Waals surface area contributed by atoms with E-state index in [-0.39, 0.29) is 0 Å². The van der Waals surface area contributed by atoms with Crippen LogP contribution in [0.2, 0.25) is 0 Å². The van der Waals surface area contributed by atoms with E-state index in [1.807, 2.05) is 0 Å². The lowest BCUT2D eigenvalue weighted by molar-refractivity contribution is -0.151. The number of methoxy groups -OCH3 is 2. The maximum atomic E-state index is 14.4. The third-order valence-corrected chi connectivity index (χ3v) is 6.06. The highest BCUT2D eigenvalue weighted by atomic mass is 16.5.